The van der Waals surface area contributed by atoms with Crippen molar-refractivity contribution in [2.75, 3.05) is 12.8 Å². The smallest absolute Gasteiger partial charge is 0.354 e. The standard InChI is InChI=1S/C9H13N3O3/c1-15-9(14)7-4-6(10)5-12(7)3-2-8(11)13/h4-5H,2-3,10H2,1H3,(H2,11,13). The molecule has 0 atom stereocenters. The minimum Gasteiger partial charge on any atom is -0.464 e. The average molecular weight is 211 g/mol. The van der Waals surface area contributed by atoms with Crippen LogP contribution in [0, 0.1) is 0 Å². The summed E-state index contributed by atoms with van der Waals surface area (Å²) in [6.07, 6.45) is 1.72. The summed E-state index contributed by atoms with van der Waals surface area (Å²) in [7, 11) is 1.28. The van der Waals surface area contributed by atoms with Gasteiger partial charge in [-0.3, -0.25) is 4.79 Å². The molecule has 1 heterocycles. The number of anilines is 1. The first kappa shape index (κ1) is 11.1. The highest BCUT2D eigenvalue weighted by Gasteiger charge is 2.13. The van der Waals surface area contributed by atoms with Crippen LogP contribution in [0.25, 0.3) is 0 Å². The zero-order chi connectivity index (χ0) is 11.4. The van der Waals surface area contributed by atoms with Crippen LogP contribution in [0.15, 0.2) is 12.3 Å². The molecule has 6 nitrogen and oxygen atoms in total. The predicted octanol–water partition coefficient (Wildman–Crippen LogP) is -0.268. The molecule has 1 aromatic heterocycles. The Bertz CT molecular complexity index is 384. The lowest BCUT2D eigenvalue weighted by atomic mass is 10.4. The second kappa shape index (κ2) is 4.50. The minimum absolute atomic E-state index is 0.151. The summed E-state index contributed by atoms with van der Waals surface area (Å²) in [5.74, 6) is -0.922. The Balaban J connectivity index is 2.86. The summed E-state index contributed by atoms with van der Waals surface area (Å²) in [4.78, 5) is 21.9. The van der Waals surface area contributed by atoms with E-state index in [0.717, 1.165) is 0 Å². The molecule has 0 saturated heterocycles. The number of hydrogen-bond acceptors (Lipinski definition) is 4. The number of methoxy groups -OCH3 is 1. The maximum atomic E-state index is 11.3. The first-order valence-corrected chi connectivity index (χ1v) is 4.37. The van der Waals surface area contributed by atoms with Gasteiger partial charge < -0.3 is 20.8 Å². The second-order valence-corrected chi connectivity index (χ2v) is 3.06. The average Bonchev–Trinajstić information content (AvgIpc) is 2.55. The molecule has 0 saturated carbocycles. The highest BCUT2D eigenvalue weighted by Crippen LogP contribution is 2.12. The van der Waals surface area contributed by atoms with E-state index in [2.05, 4.69) is 4.74 Å². The second-order valence-electron chi connectivity index (χ2n) is 3.06. The lowest BCUT2D eigenvalue weighted by molar-refractivity contribution is -0.118. The minimum atomic E-state index is -0.490. The summed E-state index contributed by atoms with van der Waals surface area (Å²) in [5.41, 5.74) is 11.3. The van der Waals surface area contributed by atoms with Gasteiger partial charge in [-0.15, -0.1) is 0 Å². The van der Waals surface area contributed by atoms with E-state index in [0.29, 0.717) is 17.9 Å². The molecule has 15 heavy (non-hydrogen) atoms. The molecule has 1 amide bonds. The number of primary amides is 1. The van der Waals surface area contributed by atoms with Gasteiger partial charge in [0.1, 0.15) is 5.69 Å². The number of hydrogen-bond donors (Lipinski definition) is 2. The predicted molar refractivity (Wildman–Crippen MR) is 54.0 cm³/mol. The number of amides is 1. The highest BCUT2D eigenvalue weighted by atomic mass is 16.5. The molecule has 0 aliphatic carbocycles. The van der Waals surface area contributed by atoms with E-state index in [1.54, 1.807) is 10.8 Å². The molecule has 0 spiro atoms. The number of rotatable bonds is 4. The van der Waals surface area contributed by atoms with E-state index < -0.39 is 11.9 Å². The van der Waals surface area contributed by atoms with Crippen LogP contribution in [-0.4, -0.2) is 23.6 Å². The Morgan fingerprint density at radius 1 is 1.53 bits per heavy atom. The third-order valence-corrected chi connectivity index (χ3v) is 1.91. The van der Waals surface area contributed by atoms with Crippen LogP contribution >= 0.6 is 0 Å². The van der Waals surface area contributed by atoms with Gasteiger partial charge in [0.05, 0.1) is 12.8 Å². The first-order chi connectivity index (χ1) is 7.04. The Hall–Kier alpha value is -1.98. The van der Waals surface area contributed by atoms with Crippen molar-refractivity contribution in [3.05, 3.63) is 18.0 Å². The zero-order valence-corrected chi connectivity index (χ0v) is 8.40. The lowest BCUT2D eigenvalue weighted by Gasteiger charge is -2.05. The van der Waals surface area contributed by atoms with Crippen LogP contribution in [0.3, 0.4) is 0 Å². The number of esters is 1. The van der Waals surface area contributed by atoms with Crippen molar-refractivity contribution in [3.63, 3.8) is 0 Å². The van der Waals surface area contributed by atoms with Crippen LogP contribution in [0.5, 0.6) is 0 Å². The fraction of sp³-hybridized carbons (Fsp3) is 0.333. The lowest BCUT2D eigenvalue weighted by Crippen LogP contribution is -2.16. The SMILES string of the molecule is COC(=O)c1cc(N)cn1CCC(N)=O. The number of carbonyl (C=O) groups excluding carboxylic acids is 2. The molecule has 0 fully saturated rings. The van der Waals surface area contributed by atoms with Crippen molar-refractivity contribution < 1.29 is 14.3 Å². The number of aryl methyl sites for hydroxylation is 1. The van der Waals surface area contributed by atoms with E-state index in [4.69, 9.17) is 11.5 Å². The van der Waals surface area contributed by atoms with Crippen LogP contribution in [0.4, 0.5) is 5.69 Å². The molecule has 0 aliphatic rings. The number of carbonyl (C=O) groups is 2. The summed E-state index contributed by atoms with van der Waals surface area (Å²) >= 11 is 0. The molecular formula is C9H13N3O3. The Morgan fingerprint density at radius 2 is 2.20 bits per heavy atom. The molecule has 4 N–H and O–H groups in total. The van der Waals surface area contributed by atoms with Crippen LogP contribution in [0.2, 0.25) is 0 Å². The van der Waals surface area contributed by atoms with Gasteiger partial charge in [-0.1, -0.05) is 0 Å². The third-order valence-electron chi connectivity index (χ3n) is 1.91. The van der Waals surface area contributed by atoms with Crippen molar-refractivity contribution >= 4 is 17.6 Å². The van der Waals surface area contributed by atoms with Crippen LogP contribution < -0.4 is 11.5 Å². The van der Waals surface area contributed by atoms with Crippen molar-refractivity contribution in [2.24, 2.45) is 5.73 Å². The fourth-order valence-corrected chi connectivity index (χ4v) is 1.22. The number of nitrogens with two attached hydrogens (primary N) is 2. The van der Waals surface area contributed by atoms with E-state index in [1.807, 2.05) is 0 Å². The van der Waals surface area contributed by atoms with Gasteiger partial charge in [0.25, 0.3) is 0 Å². The van der Waals surface area contributed by atoms with Crippen molar-refractivity contribution in [1.82, 2.24) is 4.57 Å². The number of nitrogen functional groups attached to an aromatic ring is 1. The Morgan fingerprint density at radius 3 is 2.73 bits per heavy atom. The van der Waals surface area contributed by atoms with E-state index in [1.165, 1.54) is 13.2 Å². The molecule has 82 valence electrons. The Labute approximate surface area is 86.8 Å². The van der Waals surface area contributed by atoms with E-state index >= 15 is 0 Å². The van der Waals surface area contributed by atoms with Crippen molar-refractivity contribution in [2.45, 2.75) is 13.0 Å². The van der Waals surface area contributed by atoms with Gasteiger partial charge in [0.2, 0.25) is 5.91 Å². The summed E-state index contributed by atoms with van der Waals surface area (Å²) in [6, 6.07) is 1.49. The largest absolute Gasteiger partial charge is 0.464 e. The Kier molecular flexibility index (Phi) is 3.33. The van der Waals surface area contributed by atoms with Gasteiger partial charge in [-0.05, 0) is 6.07 Å². The molecule has 0 unspecified atom stereocenters. The molecule has 1 rings (SSSR count). The summed E-state index contributed by atoms with van der Waals surface area (Å²) in [6.45, 7) is 0.316. The van der Waals surface area contributed by atoms with Gasteiger partial charge in [-0.25, -0.2) is 4.79 Å². The monoisotopic (exact) mass is 211 g/mol. The van der Waals surface area contributed by atoms with Crippen LogP contribution in [-0.2, 0) is 16.1 Å². The van der Waals surface area contributed by atoms with Crippen molar-refractivity contribution in [1.29, 1.82) is 0 Å². The molecular weight excluding hydrogens is 198 g/mol. The molecule has 0 aliphatic heterocycles. The number of ether oxygens (including phenoxy) is 1. The van der Waals surface area contributed by atoms with Gasteiger partial charge in [-0.2, -0.15) is 0 Å². The third kappa shape index (κ3) is 2.73. The maximum Gasteiger partial charge on any atom is 0.354 e. The summed E-state index contributed by atoms with van der Waals surface area (Å²) in [5, 5.41) is 0. The fourth-order valence-electron chi connectivity index (χ4n) is 1.22. The number of nitrogens with zero attached hydrogens (tertiary/aromatic N) is 1. The quantitative estimate of drug-likeness (QED) is 0.669. The number of aromatic nitrogens is 1. The molecule has 1 aromatic rings. The van der Waals surface area contributed by atoms with Crippen molar-refractivity contribution in [3.8, 4) is 0 Å². The zero-order valence-electron chi connectivity index (χ0n) is 8.40. The highest BCUT2D eigenvalue weighted by molar-refractivity contribution is 5.89. The van der Waals surface area contributed by atoms with Gasteiger partial charge >= 0.3 is 5.97 Å². The normalized spacial score (nSPS) is 9.93. The van der Waals surface area contributed by atoms with E-state index in [9.17, 15) is 9.59 Å². The molecule has 0 radical (unpaired) electrons. The first-order valence-electron chi connectivity index (χ1n) is 4.37. The van der Waals surface area contributed by atoms with Gasteiger partial charge in [0.15, 0.2) is 0 Å². The maximum absolute atomic E-state index is 11.3. The summed E-state index contributed by atoms with van der Waals surface area (Å²) < 4.78 is 6.11. The molecule has 0 aromatic carbocycles. The topological polar surface area (TPSA) is 100 Å². The van der Waals surface area contributed by atoms with Crippen LogP contribution in [0.1, 0.15) is 16.9 Å². The van der Waals surface area contributed by atoms with E-state index in [-0.39, 0.29) is 6.42 Å². The molecule has 6 heteroatoms. The van der Waals surface area contributed by atoms with Gasteiger partial charge in [0, 0.05) is 19.2 Å². The molecule has 0 bridgehead atoms.